The van der Waals surface area contributed by atoms with Gasteiger partial charge in [-0.3, -0.25) is 4.79 Å². The van der Waals surface area contributed by atoms with E-state index < -0.39 is 34.1 Å². The number of carbonyl (C=O) groups excluding carboxylic acids is 1. The predicted octanol–water partition coefficient (Wildman–Crippen LogP) is 4.17. The van der Waals surface area contributed by atoms with E-state index in [9.17, 15) is 26.4 Å². The van der Waals surface area contributed by atoms with Gasteiger partial charge in [0.05, 0.1) is 4.90 Å². The zero-order chi connectivity index (χ0) is 22.5. The highest BCUT2D eigenvalue weighted by Crippen LogP contribution is 2.22. The van der Waals surface area contributed by atoms with Gasteiger partial charge in [-0.15, -0.1) is 0 Å². The van der Waals surface area contributed by atoms with Crippen LogP contribution in [0.2, 0.25) is 0 Å². The van der Waals surface area contributed by atoms with Gasteiger partial charge in [0.1, 0.15) is 6.54 Å². The van der Waals surface area contributed by atoms with E-state index in [1.807, 2.05) is 0 Å². The number of nitrogens with zero attached hydrogens (tertiary/aromatic N) is 2. The maximum absolute atomic E-state index is 12.8. The van der Waals surface area contributed by atoms with Crippen LogP contribution in [-0.4, -0.2) is 55.9 Å². The van der Waals surface area contributed by atoms with Crippen LogP contribution in [0.5, 0.6) is 0 Å². The highest BCUT2D eigenvalue weighted by molar-refractivity contribution is 7.89. The van der Waals surface area contributed by atoms with Gasteiger partial charge in [-0.25, -0.2) is 8.42 Å². The molecule has 5 nitrogen and oxygen atoms in total. The van der Waals surface area contributed by atoms with Crippen molar-refractivity contribution < 1.29 is 26.4 Å². The fourth-order valence-corrected chi connectivity index (χ4v) is 4.20. The first kappa shape index (κ1) is 25.2. The largest absolute Gasteiger partial charge is 0.406 e. The summed E-state index contributed by atoms with van der Waals surface area (Å²) in [6, 6.07) is 5.86. The number of hydrogen-bond donors (Lipinski definition) is 0. The third-order valence-electron chi connectivity index (χ3n) is 3.99. The summed E-state index contributed by atoms with van der Waals surface area (Å²) in [5.41, 5.74) is 0.0226. The second-order valence-corrected chi connectivity index (χ2v) is 9.80. The number of sulfonamides is 1. The smallest absolute Gasteiger partial charge is 0.330 e. The zero-order valence-electron chi connectivity index (χ0n) is 17.5. The minimum Gasteiger partial charge on any atom is -0.330 e. The van der Waals surface area contributed by atoms with Gasteiger partial charge >= 0.3 is 6.18 Å². The first-order valence-corrected chi connectivity index (χ1v) is 10.8. The minimum atomic E-state index is -4.49. The van der Waals surface area contributed by atoms with Crippen LogP contribution in [0.1, 0.15) is 40.2 Å². The molecule has 0 fully saturated rings. The van der Waals surface area contributed by atoms with Crippen molar-refractivity contribution in [2.24, 2.45) is 5.41 Å². The monoisotopic (exact) mass is 434 g/mol. The average Bonchev–Trinajstić information content (AvgIpc) is 2.58. The molecule has 9 heteroatoms. The van der Waals surface area contributed by atoms with Crippen molar-refractivity contribution in [1.82, 2.24) is 9.21 Å². The summed E-state index contributed by atoms with van der Waals surface area (Å²) < 4.78 is 64.7. The van der Waals surface area contributed by atoms with E-state index >= 15 is 0 Å². The van der Waals surface area contributed by atoms with Crippen molar-refractivity contribution in [2.75, 3.05) is 26.2 Å². The molecule has 0 aliphatic heterocycles. The summed E-state index contributed by atoms with van der Waals surface area (Å²) in [6.45, 7) is 8.07. The van der Waals surface area contributed by atoms with Crippen LogP contribution in [-0.2, 0) is 14.8 Å². The Kier molecular flexibility index (Phi) is 8.47. The van der Waals surface area contributed by atoms with Crippen LogP contribution < -0.4 is 0 Å². The Morgan fingerprint density at radius 1 is 1.00 bits per heavy atom. The second kappa shape index (κ2) is 9.75. The lowest BCUT2D eigenvalue weighted by atomic mass is 9.96. The first-order chi connectivity index (χ1) is 13.2. The van der Waals surface area contributed by atoms with Gasteiger partial charge in [0.15, 0.2) is 0 Å². The first-order valence-electron chi connectivity index (χ1n) is 9.33. The maximum Gasteiger partial charge on any atom is 0.406 e. The Morgan fingerprint density at radius 2 is 1.52 bits per heavy atom. The van der Waals surface area contributed by atoms with Gasteiger partial charge in [0.2, 0.25) is 15.9 Å². The van der Waals surface area contributed by atoms with E-state index in [4.69, 9.17) is 0 Å². The van der Waals surface area contributed by atoms with Gasteiger partial charge in [-0.1, -0.05) is 46.8 Å². The van der Waals surface area contributed by atoms with Crippen LogP contribution in [0, 0.1) is 5.41 Å². The number of rotatable bonds is 8. The number of hydrogen-bond acceptors (Lipinski definition) is 3. The molecule has 1 amide bonds. The third-order valence-corrected chi connectivity index (χ3v) is 6.05. The van der Waals surface area contributed by atoms with Crippen molar-refractivity contribution in [3.8, 4) is 0 Å². The Hall–Kier alpha value is -1.87. The molecule has 1 rings (SSSR count). The van der Waals surface area contributed by atoms with Crippen LogP contribution in [0.25, 0.3) is 6.08 Å². The lowest BCUT2D eigenvalue weighted by molar-refractivity contribution is -0.160. The SMILES string of the molecule is CCN(CC)S(=O)(=O)c1ccc(/C=C/C(=O)N(CC(C)(C)C)CC(F)(F)F)cc1. The average molecular weight is 435 g/mol. The van der Waals surface area contributed by atoms with E-state index in [0.717, 1.165) is 11.0 Å². The molecule has 1 aromatic rings. The maximum atomic E-state index is 12.8. The molecule has 0 saturated carbocycles. The highest BCUT2D eigenvalue weighted by atomic mass is 32.2. The van der Waals surface area contributed by atoms with Crippen molar-refractivity contribution in [1.29, 1.82) is 0 Å². The molecule has 0 saturated heterocycles. The Morgan fingerprint density at radius 3 is 1.93 bits per heavy atom. The second-order valence-electron chi connectivity index (χ2n) is 7.86. The molecule has 0 aliphatic rings. The highest BCUT2D eigenvalue weighted by Gasteiger charge is 2.34. The molecule has 0 N–H and O–H groups in total. The summed E-state index contributed by atoms with van der Waals surface area (Å²) in [6.07, 6.45) is -2.04. The van der Waals surface area contributed by atoms with Crippen molar-refractivity contribution in [3.05, 3.63) is 35.9 Å². The van der Waals surface area contributed by atoms with Gasteiger partial charge in [0.25, 0.3) is 0 Å². The Bertz CT molecular complexity index is 791. The number of carbonyl (C=O) groups is 1. The molecular weight excluding hydrogens is 405 g/mol. The number of amides is 1. The Balaban J connectivity index is 2.99. The fourth-order valence-electron chi connectivity index (χ4n) is 2.74. The third kappa shape index (κ3) is 8.18. The summed E-state index contributed by atoms with van der Waals surface area (Å²) in [7, 11) is -3.59. The number of alkyl halides is 3. The minimum absolute atomic E-state index is 0.0449. The van der Waals surface area contributed by atoms with Crippen LogP contribution in [0.15, 0.2) is 35.2 Å². The van der Waals surface area contributed by atoms with E-state index in [-0.39, 0.29) is 11.4 Å². The predicted molar refractivity (Wildman–Crippen MR) is 108 cm³/mol. The van der Waals surface area contributed by atoms with Gasteiger partial charge < -0.3 is 4.90 Å². The molecule has 0 bridgehead atoms. The van der Waals surface area contributed by atoms with Crippen molar-refractivity contribution in [2.45, 2.75) is 45.7 Å². The lowest BCUT2D eigenvalue weighted by Gasteiger charge is -2.29. The van der Waals surface area contributed by atoms with Crippen molar-refractivity contribution in [3.63, 3.8) is 0 Å². The van der Waals surface area contributed by atoms with Gasteiger partial charge in [-0.05, 0) is 29.2 Å². The lowest BCUT2D eigenvalue weighted by Crippen LogP contribution is -2.42. The topological polar surface area (TPSA) is 57.7 Å². The molecule has 0 aliphatic carbocycles. The number of halogens is 3. The molecular formula is C20H29F3N2O3S. The molecule has 164 valence electrons. The summed E-state index contributed by atoms with van der Waals surface area (Å²) in [5, 5.41) is 0. The zero-order valence-corrected chi connectivity index (χ0v) is 18.3. The molecule has 0 unspecified atom stereocenters. The summed E-state index contributed by atoms with van der Waals surface area (Å²) in [4.78, 5) is 13.2. The molecule has 0 heterocycles. The fraction of sp³-hybridized carbons (Fsp3) is 0.550. The van der Waals surface area contributed by atoms with E-state index in [1.54, 1.807) is 34.6 Å². The van der Waals surface area contributed by atoms with Crippen LogP contribution in [0.3, 0.4) is 0 Å². The summed E-state index contributed by atoms with van der Waals surface area (Å²) in [5.74, 6) is -0.753. The molecule has 0 spiro atoms. The molecule has 0 aromatic heterocycles. The number of benzene rings is 1. The molecule has 0 atom stereocenters. The molecule has 0 radical (unpaired) electrons. The van der Waals surface area contributed by atoms with Crippen molar-refractivity contribution >= 4 is 22.0 Å². The van der Waals surface area contributed by atoms with E-state index in [0.29, 0.717) is 18.7 Å². The quantitative estimate of drug-likeness (QED) is 0.577. The van der Waals surface area contributed by atoms with Crippen LogP contribution >= 0.6 is 0 Å². The Labute approximate surface area is 171 Å². The van der Waals surface area contributed by atoms with Crippen LogP contribution in [0.4, 0.5) is 13.2 Å². The normalized spacial score (nSPS) is 13.3. The molecule has 1 aromatic carbocycles. The van der Waals surface area contributed by atoms with Gasteiger partial charge in [0, 0.05) is 25.7 Å². The molecule has 29 heavy (non-hydrogen) atoms. The van der Waals surface area contributed by atoms with E-state index in [2.05, 4.69) is 0 Å². The summed E-state index contributed by atoms with van der Waals surface area (Å²) >= 11 is 0. The standard InChI is InChI=1S/C20H29F3N2O3S/c1-6-25(7-2)29(27,28)17-11-8-16(9-12-17)10-13-18(26)24(14-19(3,4)5)15-20(21,22)23/h8-13H,6-7,14-15H2,1-5H3/b13-10+. The van der Waals surface area contributed by atoms with E-state index in [1.165, 1.54) is 34.6 Å². The van der Waals surface area contributed by atoms with Gasteiger partial charge in [-0.2, -0.15) is 17.5 Å².